The van der Waals surface area contributed by atoms with Crippen LogP contribution in [-0.4, -0.2) is 31.4 Å². The Kier molecular flexibility index (Phi) is 10.6. The number of nitrogens with one attached hydrogen (secondary N) is 3. The van der Waals surface area contributed by atoms with Crippen LogP contribution in [0, 0.1) is 0 Å². The Hall–Kier alpha value is -4.27. The van der Waals surface area contributed by atoms with E-state index in [1.165, 1.54) is 23.3 Å². The molecule has 4 aromatic rings. The monoisotopic (exact) mass is 609 g/mol. The number of benzene rings is 3. The zero-order valence-corrected chi connectivity index (χ0v) is 26.1. The molecule has 7 nitrogen and oxygen atoms in total. The van der Waals surface area contributed by atoms with Crippen LogP contribution in [-0.2, 0) is 37.0 Å². The van der Waals surface area contributed by atoms with Crippen LogP contribution in [0.1, 0.15) is 84.4 Å². The second-order valence-electron chi connectivity index (χ2n) is 11.1. The van der Waals surface area contributed by atoms with Crippen molar-refractivity contribution in [3.63, 3.8) is 0 Å². The summed E-state index contributed by atoms with van der Waals surface area (Å²) in [5, 5.41) is 10.1. The molecule has 5 rings (SSSR count). The van der Waals surface area contributed by atoms with Gasteiger partial charge in [-0.1, -0.05) is 43.3 Å². The van der Waals surface area contributed by atoms with Crippen molar-refractivity contribution in [1.29, 1.82) is 0 Å². The van der Waals surface area contributed by atoms with Crippen molar-refractivity contribution in [2.75, 3.05) is 24.3 Å². The normalized spacial score (nSPS) is 12.3. The molecule has 0 unspecified atom stereocenters. The number of fused-ring (bicyclic) bond motifs is 1. The van der Waals surface area contributed by atoms with E-state index >= 15 is 0 Å². The molecule has 3 N–H and O–H groups in total. The standard InChI is InChI=1S/C36H39N3O4S/c1-3-21-37-23-26-7-6-8-28(22-26)33(40)39-35-32(30-9-4-5-10-31(30)44-35)34(41)38-29-19-15-25(16-20-29)12-11-24-13-17-27(18-14-24)36(42)43-2/h6-8,13-20,22,37H,3-5,9-12,21,23H2,1-2H3,(H,38,41)(H,39,40). The van der Waals surface area contributed by atoms with Gasteiger partial charge in [-0.05, 0) is 110 Å². The number of anilines is 2. The summed E-state index contributed by atoms with van der Waals surface area (Å²) >= 11 is 1.52. The Morgan fingerprint density at radius 3 is 2.20 bits per heavy atom. The summed E-state index contributed by atoms with van der Waals surface area (Å²) in [6.07, 6.45) is 6.59. The minimum atomic E-state index is -0.340. The van der Waals surface area contributed by atoms with Gasteiger partial charge in [0.25, 0.3) is 11.8 Å². The molecule has 0 saturated heterocycles. The van der Waals surface area contributed by atoms with E-state index in [-0.39, 0.29) is 17.8 Å². The minimum Gasteiger partial charge on any atom is -0.465 e. The summed E-state index contributed by atoms with van der Waals surface area (Å²) in [7, 11) is 1.38. The third-order valence-corrected chi connectivity index (χ3v) is 9.07. The van der Waals surface area contributed by atoms with E-state index in [9.17, 15) is 14.4 Å². The van der Waals surface area contributed by atoms with Crippen LogP contribution in [0.2, 0.25) is 0 Å². The predicted molar refractivity (Wildman–Crippen MR) is 177 cm³/mol. The van der Waals surface area contributed by atoms with Gasteiger partial charge in [-0.3, -0.25) is 9.59 Å². The van der Waals surface area contributed by atoms with Gasteiger partial charge in [0.2, 0.25) is 0 Å². The molecule has 0 atom stereocenters. The molecule has 3 aromatic carbocycles. The molecule has 1 aromatic heterocycles. The average Bonchev–Trinajstić information content (AvgIpc) is 3.42. The van der Waals surface area contributed by atoms with Crippen molar-refractivity contribution in [1.82, 2.24) is 5.32 Å². The fourth-order valence-electron chi connectivity index (χ4n) is 5.46. The number of amides is 2. The summed E-state index contributed by atoms with van der Waals surface area (Å²) in [6, 6.07) is 23.0. The van der Waals surface area contributed by atoms with Gasteiger partial charge in [-0.25, -0.2) is 4.79 Å². The Bertz CT molecular complexity index is 1610. The predicted octanol–water partition coefficient (Wildman–Crippen LogP) is 7.20. The largest absolute Gasteiger partial charge is 0.465 e. The number of rotatable bonds is 12. The molecule has 0 spiro atoms. The van der Waals surface area contributed by atoms with Crippen molar-refractivity contribution in [2.45, 2.75) is 58.4 Å². The maximum atomic E-state index is 13.7. The highest BCUT2D eigenvalue weighted by molar-refractivity contribution is 7.17. The number of aryl methyl sites for hydroxylation is 3. The maximum Gasteiger partial charge on any atom is 0.337 e. The lowest BCUT2D eigenvalue weighted by Crippen LogP contribution is -2.19. The van der Waals surface area contributed by atoms with Crippen molar-refractivity contribution < 1.29 is 19.1 Å². The van der Waals surface area contributed by atoms with E-state index < -0.39 is 0 Å². The van der Waals surface area contributed by atoms with Gasteiger partial charge in [0.15, 0.2) is 0 Å². The molecule has 0 bridgehead atoms. The van der Waals surface area contributed by atoms with Crippen molar-refractivity contribution in [3.05, 3.63) is 117 Å². The lowest BCUT2D eigenvalue weighted by Gasteiger charge is -2.14. The van der Waals surface area contributed by atoms with Crippen LogP contribution in [0.3, 0.4) is 0 Å². The van der Waals surface area contributed by atoms with Crippen LogP contribution in [0.4, 0.5) is 10.7 Å². The number of carbonyl (C=O) groups is 3. The van der Waals surface area contributed by atoms with Gasteiger partial charge in [0.05, 0.1) is 18.2 Å². The zero-order chi connectivity index (χ0) is 30.9. The number of ether oxygens (including phenoxy) is 1. The Balaban J connectivity index is 1.25. The topological polar surface area (TPSA) is 96.5 Å². The molecule has 0 fully saturated rings. The second kappa shape index (κ2) is 14.9. The number of methoxy groups -OCH3 is 1. The van der Waals surface area contributed by atoms with Crippen LogP contribution in [0.25, 0.3) is 0 Å². The van der Waals surface area contributed by atoms with Crippen LogP contribution < -0.4 is 16.0 Å². The molecule has 0 aliphatic heterocycles. The zero-order valence-electron chi connectivity index (χ0n) is 25.3. The number of hydrogen-bond donors (Lipinski definition) is 3. The van der Waals surface area contributed by atoms with Crippen molar-refractivity contribution in [3.8, 4) is 0 Å². The smallest absolute Gasteiger partial charge is 0.337 e. The van der Waals surface area contributed by atoms with Crippen molar-refractivity contribution in [2.24, 2.45) is 0 Å². The molecule has 1 aliphatic rings. The van der Waals surface area contributed by atoms with Gasteiger partial charge < -0.3 is 20.7 Å². The van der Waals surface area contributed by atoms with Gasteiger partial charge >= 0.3 is 5.97 Å². The fourth-order valence-corrected chi connectivity index (χ4v) is 6.75. The molecule has 8 heteroatoms. The fraction of sp³-hybridized carbons (Fsp3) is 0.306. The molecule has 228 valence electrons. The van der Waals surface area contributed by atoms with E-state index in [0.29, 0.717) is 33.9 Å². The number of hydrogen-bond acceptors (Lipinski definition) is 6. The second-order valence-corrected chi connectivity index (χ2v) is 12.2. The lowest BCUT2D eigenvalue weighted by molar-refractivity contribution is 0.0600. The molecule has 2 amide bonds. The minimum absolute atomic E-state index is 0.198. The highest BCUT2D eigenvalue weighted by Crippen LogP contribution is 2.39. The average molecular weight is 610 g/mol. The molecule has 0 saturated carbocycles. The van der Waals surface area contributed by atoms with Crippen LogP contribution in [0.15, 0.2) is 72.8 Å². The summed E-state index contributed by atoms with van der Waals surface area (Å²) in [5.41, 5.74) is 6.79. The maximum absolute atomic E-state index is 13.7. The number of esters is 1. The van der Waals surface area contributed by atoms with E-state index in [1.807, 2.05) is 60.7 Å². The summed E-state index contributed by atoms with van der Waals surface area (Å²) in [4.78, 5) is 39.9. The molecule has 0 radical (unpaired) electrons. The van der Waals surface area contributed by atoms with Gasteiger partial charge in [0, 0.05) is 22.7 Å². The lowest BCUT2D eigenvalue weighted by atomic mass is 9.95. The Morgan fingerprint density at radius 1 is 0.795 bits per heavy atom. The molecule has 1 heterocycles. The Labute approximate surface area is 263 Å². The first kappa shape index (κ1) is 31.2. The van der Waals surface area contributed by atoms with E-state index in [1.54, 1.807) is 12.1 Å². The van der Waals surface area contributed by atoms with Gasteiger partial charge in [-0.15, -0.1) is 11.3 Å². The third-order valence-electron chi connectivity index (χ3n) is 7.86. The third kappa shape index (κ3) is 7.81. The van der Waals surface area contributed by atoms with Gasteiger partial charge in [0.1, 0.15) is 5.00 Å². The van der Waals surface area contributed by atoms with Gasteiger partial charge in [-0.2, -0.15) is 0 Å². The summed E-state index contributed by atoms with van der Waals surface area (Å²) in [5.74, 6) is -0.748. The molecule has 44 heavy (non-hydrogen) atoms. The number of carbonyl (C=O) groups excluding carboxylic acids is 3. The highest BCUT2D eigenvalue weighted by atomic mass is 32.1. The van der Waals surface area contributed by atoms with Crippen LogP contribution >= 0.6 is 11.3 Å². The highest BCUT2D eigenvalue weighted by Gasteiger charge is 2.27. The Morgan fingerprint density at radius 2 is 1.50 bits per heavy atom. The summed E-state index contributed by atoms with van der Waals surface area (Å²) < 4.78 is 4.77. The quantitative estimate of drug-likeness (QED) is 0.117. The summed E-state index contributed by atoms with van der Waals surface area (Å²) in [6.45, 7) is 3.75. The first-order valence-corrected chi connectivity index (χ1v) is 16.1. The molecule has 1 aliphatic carbocycles. The van der Waals surface area contributed by atoms with E-state index in [2.05, 4.69) is 22.9 Å². The first-order chi connectivity index (χ1) is 21.4. The SMILES string of the molecule is CCCNCc1cccc(C(=O)Nc2sc3c(c2C(=O)Nc2ccc(CCc4ccc(C(=O)OC)cc4)cc2)CCCC3)c1. The van der Waals surface area contributed by atoms with Crippen LogP contribution in [0.5, 0.6) is 0 Å². The first-order valence-electron chi connectivity index (χ1n) is 15.3. The van der Waals surface area contributed by atoms with E-state index in [0.717, 1.165) is 73.7 Å². The molecular formula is C36H39N3O4S. The number of thiophene rings is 1. The van der Waals surface area contributed by atoms with Crippen molar-refractivity contribution >= 4 is 39.8 Å². The van der Waals surface area contributed by atoms with E-state index in [4.69, 9.17) is 4.74 Å². The molecular weight excluding hydrogens is 570 g/mol.